The summed E-state index contributed by atoms with van der Waals surface area (Å²) in [7, 11) is 0. The largest absolute Gasteiger partial charge is 0.412 e. The Bertz CT molecular complexity index is 76.9. The Hall–Kier alpha value is -0.120. The third kappa shape index (κ3) is 5.88. The number of carbonyl (C=O) groups excluding carboxylic acids is 2. The molecule has 0 radical (unpaired) electrons. The van der Waals surface area contributed by atoms with Crippen LogP contribution in [0.15, 0.2) is 0 Å². The predicted molar refractivity (Wildman–Crippen MR) is 25.3 cm³/mol. The molecule has 0 aliphatic carbocycles. The first kappa shape index (κ1) is 9.99. The van der Waals surface area contributed by atoms with Crippen molar-refractivity contribution in [3.05, 3.63) is 0 Å². The standard InChI is InChI=1S/C2Cl2O2.H2O/c3-1(5)2(4)6;/h;1H2. The minimum Gasteiger partial charge on any atom is -0.412 e. The van der Waals surface area contributed by atoms with Gasteiger partial charge in [0, 0.05) is 0 Å². The van der Waals surface area contributed by atoms with Gasteiger partial charge in [-0.15, -0.1) is 0 Å². The van der Waals surface area contributed by atoms with Crippen LogP contribution in [-0.4, -0.2) is 16.0 Å². The van der Waals surface area contributed by atoms with Crippen molar-refractivity contribution < 1.29 is 15.1 Å². The van der Waals surface area contributed by atoms with Crippen molar-refractivity contribution >= 4 is 33.7 Å². The van der Waals surface area contributed by atoms with Crippen LogP contribution >= 0.6 is 23.2 Å². The van der Waals surface area contributed by atoms with Crippen LogP contribution in [-0.2, 0) is 9.59 Å². The van der Waals surface area contributed by atoms with E-state index in [9.17, 15) is 9.59 Å². The lowest BCUT2D eigenvalue weighted by Gasteiger charge is -1.67. The average Bonchev–Trinajstić information content (AvgIpc) is 1.36. The normalized spacial score (nSPS) is 6.57. The first-order valence-electron chi connectivity index (χ1n) is 1.04. The summed E-state index contributed by atoms with van der Waals surface area (Å²) >= 11 is 8.98. The van der Waals surface area contributed by atoms with Crippen molar-refractivity contribution in [1.82, 2.24) is 0 Å². The predicted octanol–water partition coefficient (Wildman–Crippen LogP) is -0.307. The van der Waals surface area contributed by atoms with Gasteiger partial charge < -0.3 is 5.48 Å². The van der Waals surface area contributed by atoms with Crippen molar-refractivity contribution in [2.75, 3.05) is 0 Å². The van der Waals surface area contributed by atoms with Crippen LogP contribution in [0.4, 0.5) is 0 Å². The molecule has 0 aromatic carbocycles. The number of halogens is 2. The highest BCUT2D eigenvalue weighted by molar-refractivity contribution is 6.97. The molecule has 7 heavy (non-hydrogen) atoms. The van der Waals surface area contributed by atoms with E-state index < -0.39 is 10.5 Å². The molecule has 0 aromatic rings. The fourth-order valence-corrected chi connectivity index (χ4v) is 0. The maximum Gasteiger partial charge on any atom is 0.304 e. The molecule has 0 rings (SSSR count). The molecule has 2 N–H and O–H groups in total. The molecule has 0 unspecified atom stereocenters. The van der Waals surface area contributed by atoms with E-state index in [1.165, 1.54) is 0 Å². The van der Waals surface area contributed by atoms with Gasteiger partial charge in [-0.2, -0.15) is 0 Å². The minimum atomic E-state index is -1.14. The van der Waals surface area contributed by atoms with E-state index in [4.69, 9.17) is 0 Å². The highest BCUT2D eigenvalue weighted by Gasteiger charge is 2.01. The van der Waals surface area contributed by atoms with E-state index in [-0.39, 0.29) is 5.48 Å². The van der Waals surface area contributed by atoms with Crippen LogP contribution < -0.4 is 0 Å². The molecule has 0 aliphatic heterocycles. The summed E-state index contributed by atoms with van der Waals surface area (Å²) in [5.41, 5.74) is 0. The fourth-order valence-electron chi connectivity index (χ4n) is 0. The van der Waals surface area contributed by atoms with Crippen LogP contribution in [0.3, 0.4) is 0 Å². The van der Waals surface area contributed by atoms with Gasteiger partial charge in [-0.25, -0.2) is 0 Å². The minimum absolute atomic E-state index is 0. The third-order valence-electron chi connectivity index (χ3n) is 0.155. The summed E-state index contributed by atoms with van der Waals surface area (Å²) in [5, 5.41) is -2.28. The summed E-state index contributed by atoms with van der Waals surface area (Å²) in [6, 6.07) is 0. The summed E-state index contributed by atoms with van der Waals surface area (Å²) in [6.07, 6.45) is 0. The van der Waals surface area contributed by atoms with Crippen LogP contribution in [0, 0.1) is 0 Å². The quantitative estimate of drug-likeness (QED) is 0.375. The zero-order valence-corrected chi connectivity index (χ0v) is 4.58. The van der Waals surface area contributed by atoms with Crippen molar-refractivity contribution in [3.63, 3.8) is 0 Å². The molecule has 0 spiro atoms. The van der Waals surface area contributed by atoms with Gasteiger partial charge in [0.1, 0.15) is 0 Å². The molecule has 5 heteroatoms. The first-order valence-corrected chi connectivity index (χ1v) is 1.79. The Morgan fingerprint density at radius 1 is 1.00 bits per heavy atom. The first-order chi connectivity index (χ1) is 2.64. The highest BCUT2D eigenvalue weighted by atomic mass is 35.5. The van der Waals surface area contributed by atoms with Crippen molar-refractivity contribution in [3.8, 4) is 0 Å². The smallest absolute Gasteiger partial charge is 0.304 e. The van der Waals surface area contributed by atoms with E-state index >= 15 is 0 Å². The van der Waals surface area contributed by atoms with E-state index in [2.05, 4.69) is 23.2 Å². The lowest BCUT2D eigenvalue weighted by molar-refractivity contribution is -0.127. The van der Waals surface area contributed by atoms with E-state index in [1.54, 1.807) is 0 Å². The van der Waals surface area contributed by atoms with Gasteiger partial charge in [0.2, 0.25) is 0 Å². The lowest BCUT2D eigenvalue weighted by atomic mass is 10.9. The second kappa shape index (κ2) is 4.05. The summed E-state index contributed by atoms with van der Waals surface area (Å²) in [5.74, 6) is 0. The van der Waals surface area contributed by atoms with Crippen LogP contribution in [0.5, 0.6) is 0 Å². The van der Waals surface area contributed by atoms with Gasteiger partial charge in [-0.3, -0.25) is 9.59 Å². The second-order valence-corrected chi connectivity index (χ2v) is 1.23. The summed E-state index contributed by atoms with van der Waals surface area (Å²) < 4.78 is 0. The third-order valence-corrected chi connectivity index (χ3v) is 0.595. The Balaban J connectivity index is 0. The maximum atomic E-state index is 9.43. The Kier molecular flexibility index (Phi) is 5.78. The van der Waals surface area contributed by atoms with Gasteiger partial charge in [0.05, 0.1) is 0 Å². The molecular formula is C2H2Cl2O3. The van der Waals surface area contributed by atoms with E-state index in [0.717, 1.165) is 0 Å². The number of rotatable bonds is 1. The van der Waals surface area contributed by atoms with Crippen molar-refractivity contribution in [2.24, 2.45) is 0 Å². The van der Waals surface area contributed by atoms with Gasteiger partial charge >= 0.3 is 10.5 Å². The molecule has 0 aromatic heterocycles. The molecule has 0 bridgehead atoms. The molecule has 0 atom stereocenters. The fraction of sp³-hybridized carbons (Fsp3) is 0. The monoisotopic (exact) mass is 144 g/mol. The molecule has 0 saturated heterocycles. The topological polar surface area (TPSA) is 65.6 Å². The molecule has 0 heterocycles. The molecule has 0 fully saturated rings. The van der Waals surface area contributed by atoms with Gasteiger partial charge in [0.25, 0.3) is 0 Å². The van der Waals surface area contributed by atoms with Crippen molar-refractivity contribution in [2.45, 2.75) is 0 Å². The van der Waals surface area contributed by atoms with Crippen LogP contribution in [0.1, 0.15) is 0 Å². The van der Waals surface area contributed by atoms with E-state index in [1.807, 2.05) is 0 Å². The molecule has 0 saturated carbocycles. The van der Waals surface area contributed by atoms with E-state index in [0.29, 0.717) is 0 Å². The molecule has 0 amide bonds. The Labute approximate surface area is 49.5 Å². The summed E-state index contributed by atoms with van der Waals surface area (Å²) in [6.45, 7) is 0. The Morgan fingerprint density at radius 2 is 1.14 bits per heavy atom. The van der Waals surface area contributed by atoms with Crippen LogP contribution in [0.25, 0.3) is 0 Å². The SMILES string of the molecule is O.O=C(Cl)C(=O)Cl. The molecule has 3 nitrogen and oxygen atoms in total. The Morgan fingerprint density at radius 3 is 1.14 bits per heavy atom. The number of hydrogen-bond donors (Lipinski definition) is 0. The summed E-state index contributed by atoms with van der Waals surface area (Å²) in [4.78, 5) is 18.9. The zero-order chi connectivity index (χ0) is 5.15. The van der Waals surface area contributed by atoms with Crippen molar-refractivity contribution in [1.29, 1.82) is 0 Å². The van der Waals surface area contributed by atoms with Gasteiger partial charge in [-0.1, -0.05) is 0 Å². The average molecular weight is 145 g/mol. The molecular weight excluding hydrogens is 143 g/mol. The highest BCUT2D eigenvalue weighted by Crippen LogP contribution is 1.84. The zero-order valence-electron chi connectivity index (χ0n) is 3.07. The second-order valence-electron chi connectivity index (χ2n) is 0.547. The van der Waals surface area contributed by atoms with Crippen LogP contribution in [0.2, 0.25) is 0 Å². The lowest BCUT2D eigenvalue weighted by Crippen LogP contribution is -1.94. The number of carbonyl (C=O) groups is 2. The van der Waals surface area contributed by atoms with Gasteiger partial charge in [0.15, 0.2) is 0 Å². The maximum absolute atomic E-state index is 9.43. The molecule has 0 aliphatic rings. The molecule has 42 valence electrons. The number of hydrogen-bond acceptors (Lipinski definition) is 2. The van der Waals surface area contributed by atoms with Gasteiger partial charge in [-0.05, 0) is 23.2 Å².